The van der Waals surface area contributed by atoms with E-state index in [1.54, 1.807) is 22.7 Å². The zero-order chi connectivity index (χ0) is 19.1. The maximum Gasteiger partial charge on any atom is 0.213 e. The van der Waals surface area contributed by atoms with Gasteiger partial charge in [-0.15, -0.1) is 10.2 Å². The summed E-state index contributed by atoms with van der Waals surface area (Å²) in [5.41, 5.74) is 3.09. The Balaban J connectivity index is 1.50. The smallest absolute Gasteiger partial charge is 0.213 e. The van der Waals surface area contributed by atoms with Gasteiger partial charge < -0.3 is 10.1 Å². The number of hydrogen-bond donors (Lipinski definition) is 1. The Bertz CT molecular complexity index is 1190. The van der Waals surface area contributed by atoms with Crippen molar-refractivity contribution in [1.82, 2.24) is 24.6 Å². The molecule has 9 heteroatoms. The van der Waals surface area contributed by atoms with Crippen LogP contribution in [-0.4, -0.2) is 31.2 Å². The van der Waals surface area contributed by atoms with Crippen LogP contribution in [0.15, 0.2) is 43.0 Å². The maximum atomic E-state index is 14.3. The summed E-state index contributed by atoms with van der Waals surface area (Å²) in [6.07, 6.45) is 5.16. The summed E-state index contributed by atoms with van der Waals surface area (Å²) < 4.78 is 35.0. The molecule has 0 spiro atoms. The lowest BCUT2D eigenvalue weighted by Crippen LogP contribution is -2.08. The predicted molar refractivity (Wildman–Crippen MR) is 96.9 cm³/mol. The van der Waals surface area contributed by atoms with Crippen LogP contribution in [0.5, 0.6) is 5.75 Å². The second-order valence-electron chi connectivity index (χ2n) is 6.34. The van der Waals surface area contributed by atoms with Crippen molar-refractivity contribution in [3.05, 3.63) is 65.9 Å². The number of ether oxygens (including phenoxy) is 1. The predicted octanol–water partition coefficient (Wildman–Crippen LogP) is 3.01. The highest BCUT2D eigenvalue weighted by Crippen LogP contribution is 2.31. The van der Waals surface area contributed by atoms with Crippen LogP contribution >= 0.6 is 0 Å². The van der Waals surface area contributed by atoms with E-state index in [0.717, 1.165) is 5.56 Å². The van der Waals surface area contributed by atoms with Crippen molar-refractivity contribution in [2.24, 2.45) is 0 Å². The van der Waals surface area contributed by atoms with Crippen LogP contribution in [0, 0.1) is 11.8 Å². The molecule has 0 bridgehead atoms. The van der Waals surface area contributed by atoms with Gasteiger partial charge in [0, 0.05) is 41.9 Å². The number of nitrogens with one attached hydrogen (secondary N) is 1. The van der Waals surface area contributed by atoms with E-state index in [9.17, 15) is 8.78 Å². The Morgan fingerprint density at radius 3 is 3.00 bits per heavy atom. The van der Waals surface area contributed by atoms with Crippen LogP contribution < -0.4 is 10.1 Å². The van der Waals surface area contributed by atoms with E-state index < -0.39 is 5.95 Å². The van der Waals surface area contributed by atoms with Crippen molar-refractivity contribution in [1.29, 1.82) is 0 Å². The number of anilines is 1. The molecule has 28 heavy (non-hydrogen) atoms. The van der Waals surface area contributed by atoms with E-state index in [-0.39, 0.29) is 12.4 Å². The van der Waals surface area contributed by atoms with E-state index in [1.165, 1.54) is 24.7 Å². The Morgan fingerprint density at radius 1 is 1.18 bits per heavy atom. The van der Waals surface area contributed by atoms with Crippen molar-refractivity contribution in [2.45, 2.75) is 13.0 Å². The molecule has 0 unspecified atom stereocenters. The number of rotatable bonds is 4. The molecule has 1 aromatic carbocycles. The van der Waals surface area contributed by atoms with Gasteiger partial charge in [0.15, 0.2) is 5.82 Å². The average molecular weight is 380 g/mol. The van der Waals surface area contributed by atoms with Gasteiger partial charge in [0.05, 0.1) is 18.5 Å². The molecule has 0 amide bonds. The third kappa shape index (κ3) is 2.72. The van der Waals surface area contributed by atoms with Gasteiger partial charge in [0.25, 0.3) is 0 Å². The maximum absolute atomic E-state index is 14.3. The lowest BCUT2D eigenvalue weighted by Gasteiger charge is -2.12. The minimum atomic E-state index is -0.587. The van der Waals surface area contributed by atoms with Crippen molar-refractivity contribution in [2.75, 3.05) is 11.9 Å². The molecule has 140 valence electrons. The van der Waals surface area contributed by atoms with Crippen LogP contribution in [0.2, 0.25) is 0 Å². The number of benzene rings is 1. The summed E-state index contributed by atoms with van der Waals surface area (Å²) in [4.78, 5) is 7.96. The first-order chi connectivity index (χ1) is 13.7. The third-order valence-electron chi connectivity index (χ3n) is 4.73. The highest BCUT2D eigenvalue weighted by molar-refractivity contribution is 5.69. The van der Waals surface area contributed by atoms with E-state index in [2.05, 4.69) is 25.5 Å². The first kappa shape index (κ1) is 16.5. The van der Waals surface area contributed by atoms with E-state index in [0.29, 0.717) is 47.1 Å². The monoisotopic (exact) mass is 380 g/mol. The Morgan fingerprint density at radius 2 is 2.11 bits per heavy atom. The van der Waals surface area contributed by atoms with Gasteiger partial charge in [-0.05, 0) is 18.2 Å². The fourth-order valence-corrected chi connectivity index (χ4v) is 3.40. The van der Waals surface area contributed by atoms with Gasteiger partial charge in [-0.1, -0.05) is 0 Å². The molecule has 4 heterocycles. The van der Waals surface area contributed by atoms with Crippen LogP contribution in [0.3, 0.4) is 0 Å². The molecule has 1 aliphatic rings. The van der Waals surface area contributed by atoms with Crippen LogP contribution in [0.25, 0.3) is 16.9 Å². The van der Waals surface area contributed by atoms with Crippen LogP contribution in [0.1, 0.15) is 11.1 Å². The molecule has 0 aliphatic carbocycles. The number of pyridine rings is 1. The highest BCUT2D eigenvalue weighted by Gasteiger charge is 2.20. The molecular weight excluding hydrogens is 366 g/mol. The van der Waals surface area contributed by atoms with Crippen molar-refractivity contribution in [3.8, 4) is 17.0 Å². The lowest BCUT2D eigenvalue weighted by molar-refractivity contribution is 0.356. The van der Waals surface area contributed by atoms with Gasteiger partial charge >= 0.3 is 0 Å². The van der Waals surface area contributed by atoms with Crippen LogP contribution in [0.4, 0.5) is 14.6 Å². The third-order valence-corrected chi connectivity index (χ3v) is 4.73. The molecule has 7 nitrogen and oxygen atoms in total. The van der Waals surface area contributed by atoms with Crippen LogP contribution in [-0.2, 0) is 13.0 Å². The quantitative estimate of drug-likeness (QED) is 0.549. The van der Waals surface area contributed by atoms with Crippen molar-refractivity contribution >= 4 is 11.5 Å². The summed E-state index contributed by atoms with van der Waals surface area (Å²) in [6.45, 7) is 0.784. The number of fused-ring (bicyclic) bond motifs is 2. The molecule has 0 atom stereocenters. The second-order valence-corrected chi connectivity index (χ2v) is 6.34. The number of nitrogens with zero attached hydrogens (tertiary/aromatic N) is 5. The molecule has 0 saturated heterocycles. The molecule has 0 saturated carbocycles. The fourth-order valence-electron chi connectivity index (χ4n) is 3.40. The topological polar surface area (TPSA) is 77.2 Å². The standard InChI is InChI=1S/C19H14F2N6O/c20-14-1-2-16-12(4-6-28-16)13(14)8-23-18-19-26-25-10-27(19)15(9-24-18)11-3-5-22-17(21)7-11/h1-3,5,7,9-10H,4,6,8H2,(H,23,24). The molecule has 1 N–H and O–H groups in total. The number of halogens is 2. The van der Waals surface area contributed by atoms with E-state index in [1.807, 2.05) is 0 Å². The van der Waals surface area contributed by atoms with E-state index >= 15 is 0 Å². The molecular formula is C19H14F2N6O. The molecule has 1 aliphatic heterocycles. The van der Waals surface area contributed by atoms with Gasteiger partial charge in [-0.3, -0.25) is 4.40 Å². The molecule has 5 rings (SSSR count). The summed E-state index contributed by atoms with van der Waals surface area (Å²) in [5.74, 6) is 0.287. The number of hydrogen-bond acceptors (Lipinski definition) is 6. The summed E-state index contributed by atoms with van der Waals surface area (Å²) in [6, 6.07) is 6.04. The van der Waals surface area contributed by atoms with Gasteiger partial charge in [0.2, 0.25) is 11.6 Å². The summed E-state index contributed by atoms with van der Waals surface area (Å²) >= 11 is 0. The largest absolute Gasteiger partial charge is 0.493 e. The molecule has 0 fully saturated rings. The fraction of sp³-hybridized carbons (Fsp3) is 0.158. The minimum absolute atomic E-state index is 0.233. The zero-order valence-corrected chi connectivity index (χ0v) is 14.6. The van der Waals surface area contributed by atoms with Gasteiger partial charge in [-0.25, -0.2) is 14.4 Å². The first-order valence-corrected chi connectivity index (χ1v) is 8.68. The lowest BCUT2D eigenvalue weighted by atomic mass is 10.0. The summed E-state index contributed by atoms with van der Waals surface area (Å²) in [7, 11) is 0. The Hall–Kier alpha value is -3.62. The average Bonchev–Trinajstić information content (AvgIpc) is 3.36. The zero-order valence-electron chi connectivity index (χ0n) is 14.6. The van der Waals surface area contributed by atoms with E-state index in [4.69, 9.17) is 4.74 Å². The molecule has 3 aromatic heterocycles. The normalized spacial score (nSPS) is 12.8. The van der Waals surface area contributed by atoms with Gasteiger partial charge in [-0.2, -0.15) is 4.39 Å². The SMILES string of the molecule is Fc1cc(-c2cnc(NCc3c(F)ccc4c3CCO4)c3nncn23)ccn1. The summed E-state index contributed by atoms with van der Waals surface area (Å²) in [5, 5.41) is 11.2. The Kier molecular flexibility index (Phi) is 3.85. The van der Waals surface area contributed by atoms with Crippen molar-refractivity contribution < 1.29 is 13.5 Å². The molecule has 4 aromatic rings. The minimum Gasteiger partial charge on any atom is -0.493 e. The van der Waals surface area contributed by atoms with Gasteiger partial charge in [0.1, 0.15) is 17.9 Å². The van der Waals surface area contributed by atoms with Crippen molar-refractivity contribution in [3.63, 3.8) is 0 Å². The Labute approximate surface area is 158 Å². The molecule has 0 radical (unpaired) electrons. The highest BCUT2D eigenvalue weighted by atomic mass is 19.1. The second kappa shape index (κ2) is 6.52. The number of aromatic nitrogens is 5. The first-order valence-electron chi connectivity index (χ1n) is 8.68.